The standard InChI is InChI=1S/C12H13F3N2O3S/c13-12(14,15)7-11(18)16-8-1-3-9(4-2-8)17-21(19,20)10-5-6-10/h1-4,10,17H,5-7H2,(H,16,18). The topological polar surface area (TPSA) is 75.3 Å². The Bertz CT molecular complexity index is 622. The van der Waals surface area contributed by atoms with Crippen LogP contribution in [0.25, 0.3) is 0 Å². The minimum atomic E-state index is -4.57. The molecule has 1 fully saturated rings. The monoisotopic (exact) mass is 322 g/mol. The zero-order valence-corrected chi connectivity index (χ0v) is 11.6. The van der Waals surface area contributed by atoms with Crippen molar-refractivity contribution in [1.82, 2.24) is 0 Å². The zero-order valence-electron chi connectivity index (χ0n) is 10.8. The van der Waals surface area contributed by atoms with Gasteiger partial charge in [-0.3, -0.25) is 9.52 Å². The van der Waals surface area contributed by atoms with Crippen LogP contribution in [0.4, 0.5) is 24.5 Å². The fraction of sp³-hybridized carbons (Fsp3) is 0.417. The summed E-state index contributed by atoms with van der Waals surface area (Å²) in [6.07, 6.45) is -4.88. The van der Waals surface area contributed by atoms with Crippen LogP contribution in [0.5, 0.6) is 0 Å². The highest BCUT2D eigenvalue weighted by atomic mass is 32.2. The Kier molecular flexibility index (Phi) is 4.13. The highest BCUT2D eigenvalue weighted by Crippen LogP contribution is 2.30. The lowest BCUT2D eigenvalue weighted by molar-refractivity contribution is -0.150. The third-order valence-corrected chi connectivity index (χ3v) is 4.62. The van der Waals surface area contributed by atoms with Crippen LogP contribution < -0.4 is 10.0 Å². The largest absolute Gasteiger partial charge is 0.397 e. The van der Waals surface area contributed by atoms with E-state index in [0.29, 0.717) is 18.5 Å². The minimum Gasteiger partial charge on any atom is -0.326 e. The molecule has 0 radical (unpaired) electrons. The summed E-state index contributed by atoms with van der Waals surface area (Å²) in [7, 11) is -3.39. The van der Waals surface area contributed by atoms with E-state index in [-0.39, 0.29) is 10.9 Å². The van der Waals surface area contributed by atoms with Gasteiger partial charge in [0, 0.05) is 11.4 Å². The molecule has 0 heterocycles. The van der Waals surface area contributed by atoms with Crippen LogP contribution in [0.1, 0.15) is 19.3 Å². The first-order valence-corrected chi connectivity index (χ1v) is 7.69. The fourth-order valence-corrected chi connectivity index (χ4v) is 3.02. The van der Waals surface area contributed by atoms with Crippen LogP contribution in [0.2, 0.25) is 0 Å². The van der Waals surface area contributed by atoms with Crippen LogP contribution in [0.15, 0.2) is 24.3 Å². The molecule has 0 saturated heterocycles. The van der Waals surface area contributed by atoms with Crippen LogP contribution in [0.3, 0.4) is 0 Å². The highest BCUT2D eigenvalue weighted by Gasteiger charge is 2.35. The van der Waals surface area contributed by atoms with Crippen LogP contribution >= 0.6 is 0 Å². The molecule has 0 bridgehead atoms. The average Bonchev–Trinajstić information content (AvgIpc) is 3.12. The van der Waals surface area contributed by atoms with E-state index in [4.69, 9.17) is 0 Å². The number of alkyl halides is 3. The molecule has 0 aliphatic heterocycles. The average molecular weight is 322 g/mol. The van der Waals surface area contributed by atoms with Gasteiger partial charge in [-0.25, -0.2) is 8.42 Å². The third-order valence-electron chi connectivity index (χ3n) is 2.75. The van der Waals surface area contributed by atoms with Crippen LogP contribution in [-0.4, -0.2) is 25.8 Å². The van der Waals surface area contributed by atoms with E-state index in [1.807, 2.05) is 0 Å². The first-order chi connectivity index (χ1) is 9.66. The molecule has 1 aromatic carbocycles. The quantitative estimate of drug-likeness (QED) is 0.874. The van der Waals surface area contributed by atoms with Crippen LogP contribution in [-0.2, 0) is 14.8 Å². The van der Waals surface area contributed by atoms with Crippen molar-refractivity contribution in [3.63, 3.8) is 0 Å². The minimum absolute atomic E-state index is 0.165. The lowest BCUT2D eigenvalue weighted by Gasteiger charge is -2.10. The maximum Gasteiger partial charge on any atom is 0.397 e. The Labute approximate surface area is 119 Å². The van der Waals surface area contributed by atoms with Gasteiger partial charge in [-0.15, -0.1) is 0 Å². The molecule has 0 atom stereocenters. The number of carbonyl (C=O) groups excluding carboxylic acids is 1. The van der Waals surface area contributed by atoms with E-state index in [0.717, 1.165) is 0 Å². The molecule has 0 unspecified atom stereocenters. The molecule has 5 nitrogen and oxygen atoms in total. The number of rotatable bonds is 5. The van der Waals surface area contributed by atoms with Crippen molar-refractivity contribution in [2.45, 2.75) is 30.7 Å². The smallest absolute Gasteiger partial charge is 0.326 e. The van der Waals surface area contributed by atoms with Crippen molar-refractivity contribution in [1.29, 1.82) is 0 Å². The maximum atomic E-state index is 12.0. The fourth-order valence-electron chi connectivity index (χ4n) is 1.63. The van der Waals surface area contributed by atoms with Gasteiger partial charge in [0.1, 0.15) is 6.42 Å². The van der Waals surface area contributed by atoms with Gasteiger partial charge in [-0.1, -0.05) is 0 Å². The number of carbonyl (C=O) groups is 1. The van der Waals surface area contributed by atoms with Gasteiger partial charge in [0.05, 0.1) is 5.25 Å². The SMILES string of the molecule is O=C(CC(F)(F)F)Nc1ccc(NS(=O)(=O)C2CC2)cc1. The summed E-state index contributed by atoms with van der Waals surface area (Å²) in [5.41, 5.74) is 0.467. The predicted molar refractivity (Wildman–Crippen MR) is 71.3 cm³/mol. The number of halogens is 3. The third kappa shape index (κ3) is 4.92. The number of anilines is 2. The first-order valence-electron chi connectivity index (χ1n) is 6.14. The van der Waals surface area contributed by atoms with Gasteiger partial charge in [0.2, 0.25) is 15.9 Å². The number of sulfonamides is 1. The zero-order chi connectivity index (χ0) is 15.7. The highest BCUT2D eigenvalue weighted by molar-refractivity contribution is 7.93. The molecule has 0 spiro atoms. The van der Waals surface area contributed by atoms with Gasteiger partial charge in [0.25, 0.3) is 0 Å². The Hall–Kier alpha value is -1.77. The summed E-state index contributed by atoms with van der Waals surface area (Å²) in [5.74, 6) is -1.17. The van der Waals surface area contributed by atoms with E-state index in [1.54, 1.807) is 0 Å². The van der Waals surface area contributed by atoms with Gasteiger partial charge in [-0.05, 0) is 37.1 Å². The molecule has 116 valence electrons. The van der Waals surface area contributed by atoms with Gasteiger partial charge < -0.3 is 5.32 Å². The van der Waals surface area contributed by atoms with E-state index >= 15 is 0 Å². The van der Waals surface area contributed by atoms with Crippen LogP contribution in [0, 0.1) is 0 Å². The normalized spacial score (nSPS) is 15.6. The molecule has 1 aliphatic rings. The number of benzene rings is 1. The van der Waals surface area contributed by atoms with Crippen molar-refractivity contribution >= 4 is 27.3 Å². The summed E-state index contributed by atoms with van der Waals surface area (Å²) in [4.78, 5) is 11.1. The van der Waals surface area contributed by atoms with Crippen molar-refractivity contribution < 1.29 is 26.4 Å². The molecule has 1 aliphatic carbocycles. The molecule has 1 amide bonds. The molecular formula is C12H13F3N2O3S. The number of hydrogen-bond donors (Lipinski definition) is 2. The lowest BCUT2D eigenvalue weighted by atomic mass is 10.3. The lowest BCUT2D eigenvalue weighted by Crippen LogP contribution is -2.21. The molecule has 9 heteroatoms. The summed E-state index contributed by atoms with van der Waals surface area (Å²) >= 11 is 0. The maximum absolute atomic E-state index is 12.0. The van der Waals surface area contributed by atoms with Crippen molar-refractivity contribution in [3.05, 3.63) is 24.3 Å². The molecule has 21 heavy (non-hydrogen) atoms. The second-order valence-electron chi connectivity index (χ2n) is 4.76. The first kappa shape index (κ1) is 15.6. The van der Waals surface area contributed by atoms with Crippen molar-refractivity contribution in [3.8, 4) is 0 Å². The molecule has 2 rings (SSSR count). The second-order valence-corrected chi connectivity index (χ2v) is 6.72. The van der Waals surface area contributed by atoms with E-state index in [9.17, 15) is 26.4 Å². The Morgan fingerprint density at radius 3 is 2.14 bits per heavy atom. The Morgan fingerprint density at radius 2 is 1.67 bits per heavy atom. The van der Waals surface area contributed by atoms with Crippen molar-refractivity contribution in [2.24, 2.45) is 0 Å². The van der Waals surface area contributed by atoms with Gasteiger partial charge in [0.15, 0.2) is 0 Å². The molecular weight excluding hydrogens is 309 g/mol. The summed E-state index contributed by atoms with van der Waals surface area (Å²) < 4.78 is 61.7. The molecule has 2 N–H and O–H groups in total. The Balaban J connectivity index is 1.94. The Morgan fingerprint density at radius 1 is 1.14 bits per heavy atom. The number of nitrogens with one attached hydrogen (secondary N) is 2. The van der Waals surface area contributed by atoms with Gasteiger partial charge in [-0.2, -0.15) is 13.2 Å². The van der Waals surface area contributed by atoms with Crippen molar-refractivity contribution in [2.75, 3.05) is 10.0 Å². The summed E-state index contributed by atoms with van der Waals surface area (Å²) in [6.45, 7) is 0. The van der Waals surface area contributed by atoms with E-state index in [2.05, 4.69) is 10.0 Å². The molecule has 1 saturated carbocycles. The summed E-state index contributed by atoms with van der Waals surface area (Å²) in [5, 5.41) is 1.72. The summed E-state index contributed by atoms with van der Waals surface area (Å²) in [6, 6.07) is 5.42. The molecule has 0 aromatic heterocycles. The van der Waals surface area contributed by atoms with E-state index in [1.165, 1.54) is 24.3 Å². The number of hydrogen-bond acceptors (Lipinski definition) is 3. The predicted octanol–water partition coefficient (Wildman–Crippen LogP) is 2.48. The van der Waals surface area contributed by atoms with Gasteiger partial charge >= 0.3 is 6.18 Å². The number of amides is 1. The molecule has 1 aromatic rings. The van der Waals surface area contributed by atoms with E-state index < -0.39 is 28.5 Å². The second kappa shape index (κ2) is 5.55.